The summed E-state index contributed by atoms with van der Waals surface area (Å²) in [5, 5.41) is 8.92. The maximum Gasteiger partial charge on any atom is 0.246 e. The van der Waals surface area contributed by atoms with Gasteiger partial charge in [-0.05, 0) is 42.9 Å². The lowest BCUT2D eigenvalue weighted by Crippen LogP contribution is -2.33. The Morgan fingerprint density at radius 2 is 2.14 bits per heavy atom. The molecule has 2 N–H and O–H groups in total. The zero-order chi connectivity index (χ0) is 15.9. The fourth-order valence-corrected chi connectivity index (χ4v) is 5.22. The van der Waals surface area contributed by atoms with Gasteiger partial charge in [-0.3, -0.25) is 0 Å². The minimum Gasteiger partial charge on any atom is -0.495 e. The number of hydrogen-bond acceptors (Lipinski definition) is 5. The number of rotatable bonds is 3. The van der Waals surface area contributed by atoms with Crippen LogP contribution in [0.1, 0.15) is 18.4 Å². The van der Waals surface area contributed by atoms with Crippen molar-refractivity contribution in [2.75, 3.05) is 20.2 Å². The molecule has 0 radical (unpaired) electrons. The highest BCUT2D eigenvalue weighted by Gasteiger charge is 2.45. The number of methoxy groups -OCH3 is 1. The van der Waals surface area contributed by atoms with Crippen LogP contribution in [0.3, 0.4) is 0 Å². The summed E-state index contributed by atoms with van der Waals surface area (Å²) in [7, 11) is -2.22. The maximum atomic E-state index is 12.9. The predicted molar refractivity (Wildman–Crippen MR) is 80.7 cm³/mol. The number of nitriles is 1. The van der Waals surface area contributed by atoms with Gasteiger partial charge in [-0.15, -0.1) is 0 Å². The van der Waals surface area contributed by atoms with E-state index in [9.17, 15) is 8.42 Å². The highest BCUT2D eigenvalue weighted by molar-refractivity contribution is 7.89. The highest BCUT2D eigenvalue weighted by Crippen LogP contribution is 2.40. The van der Waals surface area contributed by atoms with E-state index >= 15 is 0 Å². The van der Waals surface area contributed by atoms with E-state index < -0.39 is 10.0 Å². The van der Waals surface area contributed by atoms with Crippen LogP contribution in [0, 0.1) is 23.2 Å². The van der Waals surface area contributed by atoms with Crippen molar-refractivity contribution in [2.45, 2.75) is 23.8 Å². The molecule has 0 spiro atoms. The van der Waals surface area contributed by atoms with Gasteiger partial charge in [-0.2, -0.15) is 9.57 Å². The molecule has 1 heterocycles. The Hall–Kier alpha value is -1.62. The summed E-state index contributed by atoms with van der Waals surface area (Å²) in [6.07, 6.45) is 1.96. The van der Waals surface area contributed by atoms with Gasteiger partial charge in [0.2, 0.25) is 10.0 Å². The first-order valence-electron chi connectivity index (χ1n) is 7.31. The molecule has 22 heavy (non-hydrogen) atoms. The Balaban J connectivity index is 1.93. The third-order valence-electron chi connectivity index (χ3n) is 4.79. The highest BCUT2D eigenvalue weighted by atomic mass is 32.2. The third-order valence-corrected chi connectivity index (χ3v) is 6.66. The van der Waals surface area contributed by atoms with Gasteiger partial charge in [0.1, 0.15) is 10.6 Å². The molecule has 7 heteroatoms. The molecule has 1 aromatic carbocycles. The van der Waals surface area contributed by atoms with Gasteiger partial charge in [0.15, 0.2) is 0 Å². The summed E-state index contributed by atoms with van der Waals surface area (Å²) < 4.78 is 32.4. The fraction of sp³-hybridized carbons (Fsp3) is 0.533. The quantitative estimate of drug-likeness (QED) is 0.893. The number of nitrogens with zero attached hydrogens (tertiary/aromatic N) is 2. The number of benzene rings is 1. The van der Waals surface area contributed by atoms with E-state index in [1.807, 2.05) is 6.07 Å². The molecule has 118 valence electrons. The van der Waals surface area contributed by atoms with Crippen molar-refractivity contribution in [3.8, 4) is 11.8 Å². The normalized spacial score (nSPS) is 28.3. The Morgan fingerprint density at radius 3 is 2.77 bits per heavy atom. The zero-order valence-corrected chi connectivity index (χ0v) is 13.2. The first-order chi connectivity index (χ1) is 10.5. The van der Waals surface area contributed by atoms with Crippen LogP contribution in [0.4, 0.5) is 0 Å². The molecular weight excluding hydrogens is 302 g/mol. The number of fused-ring (bicyclic) bond motifs is 1. The largest absolute Gasteiger partial charge is 0.495 e. The van der Waals surface area contributed by atoms with Crippen molar-refractivity contribution in [3.63, 3.8) is 0 Å². The molecular formula is C15H19N3O3S. The van der Waals surface area contributed by atoms with Gasteiger partial charge in [-0.25, -0.2) is 8.42 Å². The summed E-state index contributed by atoms with van der Waals surface area (Å²) in [5.74, 6) is 0.814. The average Bonchev–Trinajstić information content (AvgIpc) is 3.09. The summed E-state index contributed by atoms with van der Waals surface area (Å²) in [4.78, 5) is 0.113. The topological polar surface area (TPSA) is 96.4 Å². The Labute approximate surface area is 130 Å². The minimum atomic E-state index is -3.63. The number of ether oxygens (including phenoxy) is 1. The summed E-state index contributed by atoms with van der Waals surface area (Å²) in [6.45, 7) is 0.987. The van der Waals surface area contributed by atoms with Crippen molar-refractivity contribution in [1.29, 1.82) is 5.26 Å². The van der Waals surface area contributed by atoms with E-state index in [4.69, 9.17) is 15.7 Å². The molecule has 2 aliphatic rings. The molecule has 0 aromatic heterocycles. The molecule has 1 aliphatic heterocycles. The van der Waals surface area contributed by atoms with Crippen molar-refractivity contribution in [2.24, 2.45) is 17.6 Å². The second-order valence-electron chi connectivity index (χ2n) is 5.96. The van der Waals surface area contributed by atoms with E-state index in [0.717, 1.165) is 12.8 Å². The zero-order valence-electron chi connectivity index (χ0n) is 12.4. The Bertz CT molecular complexity index is 726. The lowest BCUT2D eigenvalue weighted by atomic mass is 9.98. The monoisotopic (exact) mass is 321 g/mol. The van der Waals surface area contributed by atoms with E-state index in [2.05, 4.69) is 0 Å². The van der Waals surface area contributed by atoms with E-state index in [-0.39, 0.29) is 22.6 Å². The van der Waals surface area contributed by atoms with Crippen molar-refractivity contribution in [1.82, 2.24) is 4.31 Å². The molecule has 0 amide bonds. The number of hydrogen-bond donors (Lipinski definition) is 1. The summed E-state index contributed by atoms with van der Waals surface area (Å²) in [5.41, 5.74) is 6.45. The van der Waals surface area contributed by atoms with Gasteiger partial charge in [-0.1, -0.05) is 0 Å². The Morgan fingerprint density at radius 1 is 1.36 bits per heavy atom. The SMILES string of the molecule is COc1cc(C#N)ccc1S(=O)(=O)N1CC2CCC(N)C2C1. The molecule has 1 saturated carbocycles. The average molecular weight is 321 g/mol. The molecule has 2 fully saturated rings. The lowest BCUT2D eigenvalue weighted by molar-refractivity contribution is 0.394. The van der Waals surface area contributed by atoms with E-state index in [0.29, 0.717) is 24.6 Å². The van der Waals surface area contributed by atoms with Crippen LogP contribution in [0.5, 0.6) is 5.75 Å². The first-order valence-corrected chi connectivity index (χ1v) is 8.75. The fourth-order valence-electron chi connectivity index (χ4n) is 3.55. The first kappa shape index (κ1) is 15.3. The van der Waals surface area contributed by atoms with Crippen LogP contribution in [-0.4, -0.2) is 39.0 Å². The molecule has 0 bridgehead atoms. The van der Waals surface area contributed by atoms with Crippen LogP contribution >= 0.6 is 0 Å². The van der Waals surface area contributed by atoms with Gasteiger partial charge in [0.25, 0.3) is 0 Å². The number of sulfonamides is 1. The molecule has 1 aliphatic carbocycles. The molecule has 1 saturated heterocycles. The van der Waals surface area contributed by atoms with Crippen molar-refractivity contribution < 1.29 is 13.2 Å². The number of nitrogens with two attached hydrogens (primary N) is 1. The third kappa shape index (κ3) is 2.37. The van der Waals surface area contributed by atoms with Crippen molar-refractivity contribution in [3.05, 3.63) is 23.8 Å². The molecule has 3 atom stereocenters. The molecule has 6 nitrogen and oxygen atoms in total. The van der Waals surface area contributed by atoms with Gasteiger partial charge < -0.3 is 10.5 Å². The van der Waals surface area contributed by atoms with Crippen LogP contribution < -0.4 is 10.5 Å². The molecule has 3 rings (SSSR count). The van der Waals surface area contributed by atoms with Crippen LogP contribution in [-0.2, 0) is 10.0 Å². The summed E-state index contributed by atoms with van der Waals surface area (Å²) in [6, 6.07) is 6.47. The predicted octanol–water partition coefficient (Wildman–Crippen LogP) is 0.925. The second kappa shape index (κ2) is 5.54. The molecule has 3 unspecified atom stereocenters. The summed E-state index contributed by atoms with van der Waals surface area (Å²) >= 11 is 0. The lowest BCUT2D eigenvalue weighted by Gasteiger charge is -2.20. The maximum absolute atomic E-state index is 12.9. The van der Waals surface area contributed by atoms with Gasteiger partial charge in [0, 0.05) is 19.1 Å². The van der Waals surface area contributed by atoms with Crippen molar-refractivity contribution >= 4 is 10.0 Å². The van der Waals surface area contributed by atoms with Gasteiger partial charge in [0.05, 0.1) is 18.7 Å². The standard InChI is InChI=1S/C15H19N3O3S/c1-21-14-6-10(7-16)2-5-15(14)22(19,20)18-8-11-3-4-13(17)12(11)9-18/h2,5-6,11-13H,3-4,8-9,17H2,1H3. The van der Waals surface area contributed by atoms with Crippen LogP contribution in [0.2, 0.25) is 0 Å². The Kier molecular flexibility index (Phi) is 3.85. The van der Waals surface area contributed by atoms with E-state index in [1.165, 1.54) is 29.6 Å². The molecule has 1 aromatic rings. The second-order valence-corrected chi connectivity index (χ2v) is 7.87. The smallest absolute Gasteiger partial charge is 0.246 e. The van der Waals surface area contributed by atoms with Crippen LogP contribution in [0.25, 0.3) is 0 Å². The van der Waals surface area contributed by atoms with Crippen LogP contribution in [0.15, 0.2) is 23.1 Å². The van der Waals surface area contributed by atoms with Gasteiger partial charge >= 0.3 is 0 Å². The van der Waals surface area contributed by atoms with E-state index in [1.54, 1.807) is 0 Å². The minimum absolute atomic E-state index is 0.0908.